The standard InChI is InChI=1S/C15H10Br2O3/c16-11-4-2-1-3-10(11)13(18)5-9-6-14-15(7-12(9)17)20-8-19-14/h1-4,6-7H,5,8H2. The molecule has 1 aliphatic rings. The van der Waals surface area contributed by atoms with Gasteiger partial charge in [0.25, 0.3) is 0 Å². The van der Waals surface area contributed by atoms with Crippen LogP contribution in [0.2, 0.25) is 0 Å². The maximum atomic E-state index is 12.4. The zero-order valence-electron chi connectivity index (χ0n) is 10.4. The first kappa shape index (κ1) is 13.6. The van der Waals surface area contributed by atoms with Crippen LogP contribution in [-0.2, 0) is 6.42 Å². The maximum Gasteiger partial charge on any atom is 0.231 e. The molecule has 20 heavy (non-hydrogen) atoms. The summed E-state index contributed by atoms with van der Waals surface area (Å²) in [6.45, 7) is 0.226. The minimum atomic E-state index is 0.0528. The van der Waals surface area contributed by atoms with Crippen LogP contribution in [0.4, 0.5) is 0 Å². The second kappa shape index (κ2) is 5.58. The van der Waals surface area contributed by atoms with Gasteiger partial charge in [-0.05, 0) is 23.8 Å². The molecule has 1 aliphatic heterocycles. The molecule has 0 aliphatic carbocycles. The highest BCUT2D eigenvalue weighted by Gasteiger charge is 2.18. The second-order valence-corrected chi connectivity index (χ2v) is 6.09. The van der Waals surface area contributed by atoms with Gasteiger partial charge in [0.15, 0.2) is 17.3 Å². The van der Waals surface area contributed by atoms with Gasteiger partial charge in [0, 0.05) is 20.9 Å². The monoisotopic (exact) mass is 396 g/mol. The van der Waals surface area contributed by atoms with E-state index in [0.29, 0.717) is 23.5 Å². The third kappa shape index (κ3) is 2.60. The fourth-order valence-electron chi connectivity index (χ4n) is 2.05. The van der Waals surface area contributed by atoms with E-state index in [1.165, 1.54) is 0 Å². The Hall–Kier alpha value is -1.33. The predicted molar refractivity (Wildman–Crippen MR) is 82.4 cm³/mol. The molecule has 0 N–H and O–H groups in total. The summed E-state index contributed by atoms with van der Waals surface area (Å²) < 4.78 is 12.3. The SMILES string of the molecule is O=C(Cc1cc2c(cc1Br)OCO2)c1ccccc1Br. The molecule has 5 heteroatoms. The van der Waals surface area contributed by atoms with Gasteiger partial charge in [-0.2, -0.15) is 0 Å². The topological polar surface area (TPSA) is 35.5 Å². The number of Topliss-reactive ketones (excluding diaryl/α,β-unsaturated/α-hetero) is 1. The number of fused-ring (bicyclic) bond motifs is 1. The fourth-order valence-corrected chi connectivity index (χ4v) is 3.02. The van der Waals surface area contributed by atoms with Gasteiger partial charge in [0.1, 0.15) is 0 Å². The molecule has 0 saturated heterocycles. The van der Waals surface area contributed by atoms with Crippen molar-refractivity contribution in [3.05, 3.63) is 56.5 Å². The lowest BCUT2D eigenvalue weighted by molar-refractivity contribution is 0.0992. The molecule has 0 radical (unpaired) electrons. The van der Waals surface area contributed by atoms with Gasteiger partial charge in [-0.25, -0.2) is 0 Å². The summed E-state index contributed by atoms with van der Waals surface area (Å²) in [5.74, 6) is 1.44. The Morgan fingerprint density at radius 1 is 1.05 bits per heavy atom. The molecule has 1 heterocycles. The zero-order valence-corrected chi connectivity index (χ0v) is 13.5. The molecule has 0 aromatic heterocycles. The first-order valence-electron chi connectivity index (χ1n) is 6.01. The van der Waals surface area contributed by atoms with Crippen LogP contribution in [-0.4, -0.2) is 12.6 Å². The Morgan fingerprint density at radius 2 is 1.75 bits per heavy atom. The Kier molecular flexibility index (Phi) is 3.81. The van der Waals surface area contributed by atoms with Crippen LogP contribution in [0.15, 0.2) is 45.3 Å². The van der Waals surface area contributed by atoms with E-state index >= 15 is 0 Å². The lowest BCUT2D eigenvalue weighted by Gasteiger charge is -2.07. The molecule has 0 atom stereocenters. The molecule has 2 aromatic rings. The molecule has 3 rings (SSSR count). The number of benzene rings is 2. The average molecular weight is 398 g/mol. The van der Waals surface area contributed by atoms with Gasteiger partial charge in [-0.15, -0.1) is 0 Å². The van der Waals surface area contributed by atoms with Gasteiger partial charge < -0.3 is 9.47 Å². The van der Waals surface area contributed by atoms with E-state index in [1.54, 1.807) is 0 Å². The Bertz CT molecular complexity index is 683. The van der Waals surface area contributed by atoms with Gasteiger partial charge in [-0.1, -0.05) is 50.1 Å². The number of ketones is 1. The molecule has 2 aromatic carbocycles. The third-order valence-electron chi connectivity index (χ3n) is 3.07. The summed E-state index contributed by atoms with van der Waals surface area (Å²) in [4.78, 5) is 12.4. The smallest absolute Gasteiger partial charge is 0.231 e. The molecule has 3 nitrogen and oxygen atoms in total. The zero-order chi connectivity index (χ0) is 14.1. The van der Waals surface area contributed by atoms with Crippen LogP contribution in [0.25, 0.3) is 0 Å². The first-order chi connectivity index (χ1) is 9.65. The number of carbonyl (C=O) groups excluding carboxylic acids is 1. The van der Waals surface area contributed by atoms with E-state index in [4.69, 9.17) is 9.47 Å². The van der Waals surface area contributed by atoms with Crippen LogP contribution in [0.5, 0.6) is 11.5 Å². The highest BCUT2D eigenvalue weighted by atomic mass is 79.9. The van der Waals surface area contributed by atoms with Crippen molar-refractivity contribution in [1.82, 2.24) is 0 Å². The van der Waals surface area contributed by atoms with E-state index in [0.717, 1.165) is 14.5 Å². The van der Waals surface area contributed by atoms with E-state index in [-0.39, 0.29) is 12.6 Å². The van der Waals surface area contributed by atoms with Crippen LogP contribution in [0.1, 0.15) is 15.9 Å². The highest BCUT2D eigenvalue weighted by Crippen LogP contribution is 2.37. The van der Waals surface area contributed by atoms with Crippen LogP contribution in [0.3, 0.4) is 0 Å². The largest absolute Gasteiger partial charge is 0.454 e. The number of hydrogen-bond donors (Lipinski definition) is 0. The molecule has 102 valence electrons. The number of hydrogen-bond acceptors (Lipinski definition) is 3. The first-order valence-corrected chi connectivity index (χ1v) is 7.59. The third-order valence-corrected chi connectivity index (χ3v) is 4.50. The van der Waals surface area contributed by atoms with Crippen molar-refractivity contribution in [2.45, 2.75) is 6.42 Å². The lowest BCUT2D eigenvalue weighted by Crippen LogP contribution is -2.05. The highest BCUT2D eigenvalue weighted by molar-refractivity contribution is 9.10. The summed E-state index contributed by atoms with van der Waals surface area (Å²) in [6, 6.07) is 11.1. The van der Waals surface area contributed by atoms with Crippen molar-refractivity contribution in [3.8, 4) is 11.5 Å². The van der Waals surface area contributed by atoms with E-state index < -0.39 is 0 Å². The molecule has 0 saturated carbocycles. The van der Waals surface area contributed by atoms with Crippen molar-refractivity contribution < 1.29 is 14.3 Å². The summed E-state index contributed by atoms with van der Waals surface area (Å²) >= 11 is 6.87. The molecular formula is C15H10Br2O3. The molecule has 0 bridgehead atoms. The number of halogens is 2. The van der Waals surface area contributed by atoms with Gasteiger partial charge >= 0.3 is 0 Å². The minimum absolute atomic E-state index is 0.0528. The van der Waals surface area contributed by atoms with Crippen molar-refractivity contribution in [2.75, 3.05) is 6.79 Å². The van der Waals surface area contributed by atoms with Crippen molar-refractivity contribution in [1.29, 1.82) is 0 Å². The van der Waals surface area contributed by atoms with Crippen LogP contribution < -0.4 is 9.47 Å². The van der Waals surface area contributed by atoms with Crippen molar-refractivity contribution in [3.63, 3.8) is 0 Å². The van der Waals surface area contributed by atoms with Gasteiger partial charge in [0.2, 0.25) is 6.79 Å². The van der Waals surface area contributed by atoms with Crippen molar-refractivity contribution >= 4 is 37.6 Å². The Morgan fingerprint density at radius 3 is 2.50 bits per heavy atom. The molecular weight excluding hydrogens is 388 g/mol. The normalized spacial score (nSPS) is 12.5. The molecule has 0 unspecified atom stereocenters. The number of carbonyl (C=O) groups is 1. The quantitative estimate of drug-likeness (QED) is 0.721. The summed E-state index contributed by atoms with van der Waals surface area (Å²) in [5, 5.41) is 0. The summed E-state index contributed by atoms with van der Waals surface area (Å²) in [7, 11) is 0. The van der Waals surface area contributed by atoms with Gasteiger partial charge in [0.05, 0.1) is 0 Å². The lowest BCUT2D eigenvalue weighted by atomic mass is 10.0. The van der Waals surface area contributed by atoms with E-state index in [9.17, 15) is 4.79 Å². The molecule has 0 fully saturated rings. The molecule has 0 spiro atoms. The fraction of sp³-hybridized carbons (Fsp3) is 0.133. The van der Waals surface area contributed by atoms with Crippen LogP contribution in [0, 0.1) is 0 Å². The molecule has 0 amide bonds. The van der Waals surface area contributed by atoms with Gasteiger partial charge in [-0.3, -0.25) is 4.79 Å². The summed E-state index contributed by atoms with van der Waals surface area (Å²) in [5.41, 5.74) is 1.56. The Labute approximate surface area is 133 Å². The van der Waals surface area contributed by atoms with E-state index in [2.05, 4.69) is 31.9 Å². The maximum absolute atomic E-state index is 12.4. The van der Waals surface area contributed by atoms with Crippen molar-refractivity contribution in [2.24, 2.45) is 0 Å². The second-order valence-electron chi connectivity index (χ2n) is 4.38. The van der Waals surface area contributed by atoms with E-state index in [1.807, 2.05) is 36.4 Å². The van der Waals surface area contributed by atoms with Crippen LogP contribution >= 0.6 is 31.9 Å². The summed E-state index contributed by atoms with van der Waals surface area (Å²) in [6.07, 6.45) is 0.305. The number of ether oxygens (including phenoxy) is 2. The number of rotatable bonds is 3. The Balaban J connectivity index is 1.88. The predicted octanol–water partition coefficient (Wildman–Crippen LogP) is 4.37. The average Bonchev–Trinajstić information content (AvgIpc) is 2.86. The minimum Gasteiger partial charge on any atom is -0.454 e.